The summed E-state index contributed by atoms with van der Waals surface area (Å²) in [6.07, 6.45) is 2.78. The zero-order valence-corrected chi connectivity index (χ0v) is 10.3. The van der Waals surface area contributed by atoms with Gasteiger partial charge in [-0.05, 0) is 6.07 Å². The standard InChI is InChI=1S/C11H12ClN5O/c12-1-2-18-9-4-7(13)3-8(14)10(9)11-16-5-15-6-17-11/h3-6H,1-2,13-14H2. The summed E-state index contributed by atoms with van der Waals surface area (Å²) in [5.41, 5.74) is 13.2. The quantitative estimate of drug-likeness (QED) is 0.639. The molecule has 0 aliphatic carbocycles. The molecular formula is C11H12ClN5O. The molecule has 0 aliphatic rings. The molecule has 6 nitrogen and oxygen atoms in total. The number of halogens is 1. The molecule has 0 fully saturated rings. The molecule has 18 heavy (non-hydrogen) atoms. The van der Waals surface area contributed by atoms with E-state index >= 15 is 0 Å². The molecule has 0 saturated heterocycles. The van der Waals surface area contributed by atoms with Crippen LogP contribution in [0.4, 0.5) is 11.4 Å². The molecule has 1 aromatic carbocycles. The van der Waals surface area contributed by atoms with Crippen molar-refractivity contribution >= 4 is 23.0 Å². The Bertz CT molecular complexity index is 534. The first kappa shape index (κ1) is 12.4. The lowest BCUT2D eigenvalue weighted by atomic mass is 10.1. The number of rotatable bonds is 4. The van der Waals surface area contributed by atoms with Gasteiger partial charge in [0.1, 0.15) is 25.0 Å². The number of benzene rings is 1. The maximum atomic E-state index is 5.93. The van der Waals surface area contributed by atoms with E-state index in [1.165, 1.54) is 12.7 Å². The fourth-order valence-electron chi connectivity index (χ4n) is 1.53. The number of nitrogens with zero attached hydrogens (tertiary/aromatic N) is 3. The van der Waals surface area contributed by atoms with Gasteiger partial charge in [-0.2, -0.15) is 0 Å². The Morgan fingerprint density at radius 1 is 1.17 bits per heavy atom. The van der Waals surface area contributed by atoms with Crippen LogP contribution in [-0.2, 0) is 0 Å². The zero-order valence-electron chi connectivity index (χ0n) is 9.51. The fourth-order valence-corrected chi connectivity index (χ4v) is 1.61. The van der Waals surface area contributed by atoms with Crippen molar-refractivity contribution in [2.75, 3.05) is 24.0 Å². The summed E-state index contributed by atoms with van der Waals surface area (Å²) < 4.78 is 5.51. The van der Waals surface area contributed by atoms with Crippen LogP contribution in [0.25, 0.3) is 11.4 Å². The molecule has 7 heteroatoms. The van der Waals surface area contributed by atoms with E-state index in [4.69, 9.17) is 27.8 Å². The molecule has 0 radical (unpaired) electrons. The second-order valence-electron chi connectivity index (χ2n) is 3.48. The summed E-state index contributed by atoms with van der Waals surface area (Å²) in [4.78, 5) is 11.9. The highest BCUT2D eigenvalue weighted by Gasteiger charge is 2.14. The van der Waals surface area contributed by atoms with Gasteiger partial charge in [0.05, 0.1) is 11.4 Å². The first-order valence-corrected chi connectivity index (χ1v) is 5.76. The molecule has 4 N–H and O–H groups in total. The van der Waals surface area contributed by atoms with Crippen molar-refractivity contribution in [2.24, 2.45) is 0 Å². The van der Waals surface area contributed by atoms with Gasteiger partial charge < -0.3 is 16.2 Å². The van der Waals surface area contributed by atoms with Gasteiger partial charge in [-0.1, -0.05) is 0 Å². The van der Waals surface area contributed by atoms with Crippen LogP contribution in [0.5, 0.6) is 5.75 Å². The van der Waals surface area contributed by atoms with E-state index in [0.717, 1.165) is 0 Å². The molecule has 0 unspecified atom stereocenters. The van der Waals surface area contributed by atoms with E-state index < -0.39 is 0 Å². The minimum atomic E-state index is 0.350. The highest BCUT2D eigenvalue weighted by atomic mass is 35.5. The Morgan fingerprint density at radius 3 is 2.56 bits per heavy atom. The first-order valence-electron chi connectivity index (χ1n) is 5.22. The number of ether oxygens (including phenoxy) is 1. The van der Waals surface area contributed by atoms with Crippen LogP contribution in [0, 0.1) is 0 Å². The number of nitrogen functional groups attached to an aromatic ring is 2. The highest BCUT2D eigenvalue weighted by molar-refractivity contribution is 6.18. The van der Waals surface area contributed by atoms with E-state index in [0.29, 0.717) is 41.0 Å². The average Bonchev–Trinajstić information content (AvgIpc) is 2.36. The molecule has 2 aromatic rings. The number of aromatic nitrogens is 3. The molecule has 0 bridgehead atoms. The van der Waals surface area contributed by atoms with Crippen molar-refractivity contribution in [1.82, 2.24) is 15.0 Å². The smallest absolute Gasteiger partial charge is 0.168 e. The molecule has 1 heterocycles. The number of alkyl halides is 1. The first-order chi connectivity index (χ1) is 8.72. The Morgan fingerprint density at radius 2 is 1.89 bits per heavy atom. The van der Waals surface area contributed by atoms with Crippen molar-refractivity contribution in [3.05, 3.63) is 24.8 Å². The summed E-state index contributed by atoms with van der Waals surface area (Å²) in [5, 5.41) is 0. The molecule has 94 valence electrons. The predicted octanol–water partition coefficient (Wildman–Crippen LogP) is 1.32. The fraction of sp³-hybridized carbons (Fsp3) is 0.182. The Labute approximate surface area is 109 Å². The van der Waals surface area contributed by atoms with Crippen LogP contribution in [0.2, 0.25) is 0 Å². The Balaban J connectivity index is 2.50. The normalized spacial score (nSPS) is 10.3. The van der Waals surface area contributed by atoms with Crippen LogP contribution < -0.4 is 16.2 Å². The number of nitrogens with two attached hydrogens (primary N) is 2. The van der Waals surface area contributed by atoms with Crippen molar-refractivity contribution in [3.63, 3.8) is 0 Å². The number of hydrogen-bond donors (Lipinski definition) is 2. The van der Waals surface area contributed by atoms with E-state index in [9.17, 15) is 0 Å². The molecule has 0 saturated carbocycles. The maximum Gasteiger partial charge on any atom is 0.168 e. The third-order valence-corrected chi connectivity index (χ3v) is 2.36. The average molecular weight is 266 g/mol. The maximum absolute atomic E-state index is 5.93. The van der Waals surface area contributed by atoms with E-state index in [1.54, 1.807) is 12.1 Å². The Kier molecular flexibility index (Phi) is 3.78. The van der Waals surface area contributed by atoms with E-state index in [2.05, 4.69) is 15.0 Å². The van der Waals surface area contributed by atoms with Gasteiger partial charge in [-0.15, -0.1) is 11.6 Å². The van der Waals surface area contributed by atoms with Crippen molar-refractivity contribution in [1.29, 1.82) is 0 Å². The van der Waals surface area contributed by atoms with Gasteiger partial charge >= 0.3 is 0 Å². The van der Waals surface area contributed by atoms with Gasteiger partial charge in [-0.3, -0.25) is 0 Å². The monoisotopic (exact) mass is 265 g/mol. The Hall–Kier alpha value is -2.08. The molecule has 0 spiro atoms. The topological polar surface area (TPSA) is 99.9 Å². The van der Waals surface area contributed by atoms with Crippen molar-refractivity contribution in [2.45, 2.75) is 0 Å². The van der Waals surface area contributed by atoms with Crippen LogP contribution in [0.3, 0.4) is 0 Å². The molecule has 2 rings (SSSR count). The second-order valence-corrected chi connectivity index (χ2v) is 3.86. The molecule has 0 amide bonds. The van der Waals surface area contributed by atoms with E-state index in [1.807, 2.05) is 0 Å². The van der Waals surface area contributed by atoms with Crippen LogP contribution in [-0.4, -0.2) is 27.4 Å². The lowest BCUT2D eigenvalue weighted by Gasteiger charge is -2.12. The highest BCUT2D eigenvalue weighted by Crippen LogP contribution is 2.35. The number of hydrogen-bond acceptors (Lipinski definition) is 6. The summed E-state index contributed by atoms with van der Waals surface area (Å²) in [6.45, 7) is 0.350. The van der Waals surface area contributed by atoms with Crippen molar-refractivity contribution < 1.29 is 4.74 Å². The van der Waals surface area contributed by atoms with Crippen LogP contribution >= 0.6 is 11.6 Å². The summed E-state index contributed by atoms with van der Waals surface area (Å²) in [7, 11) is 0. The molecule has 0 atom stereocenters. The van der Waals surface area contributed by atoms with Gasteiger partial charge in [0.25, 0.3) is 0 Å². The minimum Gasteiger partial charge on any atom is -0.491 e. The predicted molar refractivity (Wildman–Crippen MR) is 70.3 cm³/mol. The molecular weight excluding hydrogens is 254 g/mol. The van der Waals surface area contributed by atoms with Crippen molar-refractivity contribution in [3.8, 4) is 17.1 Å². The SMILES string of the molecule is Nc1cc(N)c(-c2ncncn2)c(OCCCl)c1. The van der Waals surface area contributed by atoms with E-state index in [-0.39, 0.29) is 0 Å². The van der Waals surface area contributed by atoms with Gasteiger partial charge in [-0.25, -0.2) is 15.0 Å². The third kappa shape index (κ3) is 2.60. The van der Waals surface area contributed by atoms with Crippen LogP contribution in [0.1, 0.15) is 0 Å². The zero-order chi connectivity index (χ0) is 13.0. The summed E-state index contributed by atoms with van der Waals surface area (Å²) in [6, 6.07) is 3.30. The summed E-state index contributed by atoms with van der Waals surface area (Å²) in [5.74, 6) is 1.32. The second kappa shape index (κ2) is 5.50. The minimum absolute atomic E-state index is 0.350. The van der Waals surface area contributed by atoms with Gasteiger partial charge in [0, 0.05) is 17.4 Å². The lowest BCUT2D eigenvalue weighted by Crippen LogP contribution is -2.04. The van der Waals surface area contributed by atoms with Gasteiger partial charge in [0.2, 0.25) is 0 Å². The lowest BCUT2D eigenvalue weighted by molar-refractivity contribution is 0.344. The molecule has 1 aromatic heterocycles. The largest absolute Gasteiger partial charge is 0.491 e. The summed E-state index contributed by atoms with van der Waals surface area (Å²) >= 11 is 5.60. The number of anilines is 2. The third-order valence-electron chi connectivity index (χ3n) is 2.21. The van der Waals surface area contributed by atoms with Gasteiger partial charge in [0.15, 0.2) is 5.82 Å². The van der Waals surface area contributed by atoms with Crippen LogP contribution in [0.15, 0.2) is 24.8 Å². The molecule has 0 aliphatic heterocycles.